The van der Waals surface area contributed by atoms with Crippen LogP contribution in [-0.2, 0) is 19.3 Å². The fourth-order valence-corrected chi connectivity index (χ4v) is 4.19. The first-order valence-corrected chi connectivity index (χ1v) is 11.4. The van der Waals surface area contributed by atoms with Gasteiger partial charge in [-0.1, -0.05) is 66.7 Å². The number of halogens is 3. The maximum absolute atomic E-state index is 13.9. The number of carbonyl (C=O) groups is 1. The molecule has 1 aliphatic rings. The lowest BCUT2D eigenvalue weighted by Crippen LogP contribution is -2.30. The molecule has 36 heavy (non-hydrogen) atoms. The lowest BCUT2D eigenvalue weighted by atomic mass is 9.97. The minimum Gasteiger partial charge on any atom is -0.454 e. The van der Waals surface area contributed by atoms with E-state index in [1.54, 1.807) is 29.2 Å². The number of benzene rings is 4. The smallest absolute Gasteiger partial charge is 0.416 e. The summed E-state index contributed by atoms with van der Waals surface area (Å²) in [5.41, 5.74) is 2.61. The Morgan fingerprint density at radius 3 is 2.17 bits per heavy atom. The second kappa shape index (κ2) is 9.77. The summed E-state index contributed by atoms with van der Waals surface area (Å²) < 4.78 is 50.0. The van der Waals surface area contributed by atoms with E-state index in [1.807, 2.05) is 48.5 Å². The fourth-order valence-electron chi connectivity index (χ4n) is 4.19. The maximum Gasteiger partial charge on any atom is 0.416 e. The third-order valence-corrected chi connectivity index (χ3v) is 5.99. The van der Waals surface area contributed by atoms with Gasteiger partial charge in [-0.05, 0) is 52.6 Å². The van der Waals surface area contributed by atoms with E-state index in [0.29, 0.717) is 41.3 Å². The summed E-state index contributed by atoms with van der Waals surface area (Å²) in [5.74, 6) is 1.06. The van der Waals surface area contributed by atoms with E-state index in [0.717, 1.165) is 23.3 Å². The summed E-state index contributed by atoms with van der Waals surface area (Å²) in [6, 6.07) is 27.0. The molecule has 1 amide bonds. The monoisotopic (exact) mass is 489 g/mol. The molecule has 1 heterocycles. The zero-order valence-corrected chi connectivity index (χ0v) is 19.2. The molecule has 0 fully saturated rings. The van der Waals surface area contributed by atoms with E-state index >= 15 is 0 Å². The molecule has 0 N–H and O–H groups in total. The molecule has 5 rings (SSSR count). The van der Waals surface area contributed by atoms with Crippen molar-refractivity contribution < 1.29 is 27.4 Å². The molecular weight excluding hydrogens is 467 g/mol. The average Bonchev–Trinajstić information content (AvgIpc) is 3.36. The van der Waals surface area contributed by atoms with Crippen molar-refractivity contribution in [3.05, 3.63) is 119 Å². The summed E-state index contributed by atoms with van der Waals surface area (Å²) in [7, 11) is 0. The van der Waals surface area contributed by atoms with Crippen LogP contribution in [0.2, 0.25) is 0 Å². The molecule has 0 spiro atoms. The molecule has 0 bridgehead atoms. The van der Waals surface area contributed by atoms with Crippen LogP contribution in [0.15, 0.2) is 97.1 Å². The Balaban J connectivity index is 1.49. The van der Waals surface area contributed by atoms with Crippen molar-refractivity contribution in [2.24, 2.45) is 0 Å². The van der Waals surface area contributed by atoms with Gasteiger partial charge in [0.2, 0.25) is 6.79 Å². The van der Waals surface area contributed by atoms with Crippen LogP contribution >= 0.6 is 0 Å². The van der Waals surface area contributed by atoms with Gasteiger partial charge in [0.1, 0.15) is 0 Å². The highest BCUT2D eigenvalue weighted by molar-refractivity contribution is 6.00. The molecule has 0 saturated heterocycles. The van der Waals surface area contributed by atoms with Crippen molar-refractivity contribution in [3.63, 3.8) is 0 Å². The third kappa shape index (κ3) is 5.05. The van der Waals surface area contributed by atoms with Gasteiger partial charge >= 0.3 is 6.18 Å². The molecule has 0 aromatic heterocycles. The lowest BCUT2D eigenvalue weighted by Gasteiger charge is -2.25. The minimum absolute atomic E-state index is 0.159. The highest BCUT2D eigenvalue weighted by atomic mass is 19.4. The number of hydrogen-bond acceptors (Lipinski definition) is 3. The Labute approximate surface area is 206 Å². The zero-order valence-electron chi connectivity index (χ0n) is 19.2. The predicted molar refractivity (Wildman–Crippen MR) is 129 cm³/mol. The van der Waals surface area contributed by atoms with Gasteiger partial charge in [0.15, 0.2) is 11.5 Å². The second-order valence-electron chi connectivity index (χ2n) is 8.46. The predicted octanol–water partition coefficient (Wildman–Crippen LogP) is 6.94. The Hall–Kier alpha value is -4.26. The Kier molecular flexibility index (Phi) is 6.38. The molecule has 0 atom stereocenters. The molecule has 4 aromatic rings. The van der Waals surface area contributed by atoms with Gasteiger partial charge in [0.05, 0.1) is 5.56 Å². The molecule has 4 aromatic carbocycles. The standard InChI is InChI=1S/C29H22F3NO3/c30-29(31,32)23-13-11-22(12-14-23)24-8-4-5-9-25(24)28(34)33(17-20-6-2-1-3-7-20)18-21-10-15-26-27(16-21)36-19-35-26/h1-16H,17-19H2. The van der Waals surface area contributed by atoms with Gasteiger partial charge in [0.25, 0.3) is 5.91 Å². The summed E-state index contributed by atoms with van der Waals surface area (Å²) in [6.07, 6.45) is -4.43. The van der Waals surface area contributed by atoms with Crippen LogP contribution in [0, 0.1) is 0 Å². The summed E-state index contributed by atoms with van der Waals surface area (Å²) >= 11 is 0. The number of carbonyl (C=O) groups excluding carboxylic acids is 1. The molecule has 4 nitrogen and oxygen atoms in total. The van der Waals surface area contributed by atoms with Crippen molar-refractivity contribution in [2.75, 3.05) is 6.79 Å². The van der Waals surface area contributed by atoms with Crippen LogP contribution in [0.5, 0.6) is 11.5 Å². The van der Waals surface area contributed by atoms with E-state index in [-0.39, 0.29) is 12.7 Å². The van der Waals surface area contributed by atoms with Gasteiger partial charge in [-0.2, -0.15) is 13.2 Å². The Morgan fingerprint density at radius 1 is 0.750 bits per heavy atom. The minimum atomic E-state index is -4.43. The molecule has 0 saturated carbocycles. The van der Waals surface area contributed by atoms with Gasteiger partial charge in [-0.15, -0.1) is 0 Å². The highest BCUT2D eigenvalue weighted by Gasteiger charge is 2.30. The van der Waals surface area contributed by atoms with Crippen LogP contribution in [0.3, 0.4) is 0 Å². The summed E-state index contributed by atoms with van der Waals surface area (Å²) in [5, 5.41) is 0. The first-order chi connectivity index (χ1) is 17.4. The SMILES string of the molecule is O=C(c1ccccc1-c1ccc(C(F)(F)F)cc1)N(Cc1ccccc1)Cc1ccc2c(c1)OCO2. The molecule has 1 aliphatic heterocycles. The van der Waals surface area contributed by atoms with E-state index in [2.05, 4.69) is 0 Å². The second-order valence-corrected chi connectivity index (χ2v) is 8.46. The van der Waals surface area contributed by atoms with Crippen LogP contribution in [0.25, 0.3) is 11.1 Å². The number of fused-ring (bicyclic) bond motifs is 1. The molecular formula is C29H22F3NO3. The summed E-state index contributed by atoms with van der Waals surface area (Å²) in [6.45, 7) is 0.827. The van der Waals surface area contributed by atoms with Gasteiger partial charge in [-0.25, -0.2) is 0 Å². The maximum atomic E-state index is 13.9. The number of ether oxygens (including phenoxy) is 2. The van der Waals surface area contributed by atoms with Gasteiger partial charge < -0.3 is 14.4 Å². The quantitative estimate of drug-likeness (QED) is 0.294. The van der Waals surface area contributed by atoms with Crippen molar-refractivity contribution in [1.82, 2.24) is 4.90 Å². The van der Waals surface area contributed by atoms with Crippen molar-refractivity contribution >= 4 is 5.91 Å². The number of rotatable bonds is 6. The number of hydrogen-bond donors (Lipinski definition) is 0. The fraction of sp³-hybridized carbons (Fsp3) is 0.138. The number of nitrogens with zero attached hydrogens (tertiary/aromatic N) is 1. The molecule has 182 valence electrons. The van der Waals surface area contributed by atoms with Crippen LogP contribution in [0.4, 0.5) is 13.2 Å². The van der Waals surface area contributed by atoms with E-state index in [9.17, 15) is 18.0 Å². The van der Waals surface area contributed by atoms with E-state index < -0.39 is 11.7 Å². The highest BCUT2D eigenvalue weighted by Crippen LogP contribution is 2.34. The summed E-state index contributed by atoms with van der Waals surface area (Å²) in [4.78, 5) is 15.6. The number of alkyl halides is 3. The van der Waals surface area contributed by atoms with Crippen molar-refractivity contribution in [1.29, 1.82) is 0 Å². The Morgan fingerprint density at radius 2 is 1.42 bits per heavy atom. The van der Waals surface area contributed by atoms with Crippen molar-refractivity contribution in [3.8, 4) is 22.6 Å². The van der Waals surface area contributed by atoms with E-state index in [1.165, 1.54) is 12.1 Å². The van der Waals surface area contributed by atoms with Crippen LogP contribution in [-0.4, -0.2) is 17.6 Å². The van der Waals surface area contributed by atoms with E-state index in [4.69, 9.17) is 9.47 Å². The van der Waals surface area contributed by atoms with Crippen LogP contribution < -0.4 is 9.47 Å². The molecule has 7 heteroatoms. The average molecular weight is 489 g/mol. The van der Waals surface area contributed by atoms with Gasteiger partial charge in [-0.3, -0.25) is 4.79 Å². The largest absolute Gasteiger partial charge is 0.454 e. The lowest BCUT2D eigenvalue weighted by molar-refractivity contribution is -0.137. The Bertz CT molecular complexity index is 1370. The van der Waals surface area contributed by atoms with Crippen LogP contribution in [0.1, 0.15) is 27.0 Å². The first-order valence-electron chi connectivity index (χ1n) is 11.4. The molecule has 0 unspecified atom stereocenters. The third-order valence-electron chi connectivity index (χ3n) is 5.99. The molecule has 0 radical (unpaired) electrons. The zero-order chi connectivity index (χ0) is 25.1. The topological polar surface area (TPSA) is 38.8 Å². The van der Waals surface area contributed by atoms with Crippen molar-refractivity contribution in [2.45, 2.75) is 19.3 Å². The number of amides is 1. The van der Waals surface area contributed by atoms with Gasteiger partial charge in [0, 0.05) is 18.7 Å². The molecule has 0 aliphatic carbocycles. The normalized spacial score (nSPS) is 12.4. The first kappa shape index (κ1) is 23.5.